The van der Waals surface area contributed by atoms with E-state index in [0.717, 1.165) is 4.47 Å². The highest BCUT2D eigenvalue weighted by molar-refractivity contribution is 9.10. The maximum Gasteiger partial charge on any atom is 0.209 e. The molecule has 0 atom stereocenters. The number of nitrogens with one attached hydrogen (secondary N) is 1. The fourth-order valence-corrected chi connectivity index (χ4v) is 1.69. The third-order valence-electron chi connectivity index (χ3n) is 2.02. The van der Waals surface area contributed by atoms with Crippen LogP contribution in [0.1, 0.15) is 16.1 Å². The number of carbonyl (C=O) groups excluding carboxylic acids is 1. The molecule has 2 aromatic rings. The van der Waals surface area contributed by atoms with Gasteiger partial charge in [0.2, 0.25) is 5.78 Å². The Bertz CT molecular complexity index is 493. The number of aromatic nitrogens is 1. The highest BCUT2D eigenvalue weighted by atomic mass is 79.9. The van der Waals surface area contributed by atoms with E-state index in [1.807, 2.05) is 0 Å². The Morgan fingerprint density at radius 2 is 2.13 bits per heavy atom. The average molecular weight is 285 g/mol. The van der Waals surface area contributed by atoms with Crippen LogP contribution in [0.15, 0.2) is 41.0 Å². The maximum absolute atomic E-state index is 11.9. The Hall–Kier alpha value is -1.06. The van der Waals surface area contributed by atoms with Crippen LogP contribution in [-0.4, -0.2) is 10.8 Å². The van der Waals surface area contributed by atoms with Crippen molar-refractivity contribution in [2.45, 2.75) is 0 Å². The summed E-state index contributed by atoms with van der Waals surface area (Å²) in [4.78, 5) is 14.7. The van der Waals surface area contributed by atoms with Crippen molar-refractivity contribution in [3.05, 3.63) is 57.3 Å². The van der Waals surface area contributed by atoms with E-state index in [0.29, 0.717) is 16.3 Å². The number of benzene rings is 1. The van der Waals surface area contributed by atoms with Gasteiger partial charge in [-0.05, 0) is 46.3 Å². The van der Waals surface area contributed by atoms with E-state index in [9.17, 15) is 4.79 Å². The average Bonchev–Trinajstić information content (AvgIpc) is 2.74. The molecule has 76 valence electrons. The number of rotatable bonds is 2. The van der Waals surface area contributed by atoms with Crippen LogP contribution < -0.4 is 0 Å². The van der Waals surface area contributed by atoms with Gasteiger partial charge >= 0.3 is 0 Å². The third kappa shape index (κ3) is 2.13. The minimum absolute atomic E-state index is 0.0607. The molecule has 0 saturated carbocycles. The Kier molecular flexibility index (Phi) is 2.93. The Labute approximate surface area is 100 Å². The zero-order valence-corrected chi connectivity index (χ0v) is 9.97. The number of hydrogen-bond acceptors (Lipinski definition) is 1. The van der Waals surface area contributed by atoms with Crippen molar-refractivity contribution in [3.8, 4) is 0 Å². The van der Waals surface area contributed by atoms with Crippen LogP contribution in [0.25, 0.3) is 0 Å². The topological polar surface area (TPSA) is 32.9 Å². The molecule has 2 nitrogen and oxygen atoms in total. The molecule has 0 spiro atoms. The fourth-order valence-electron chi connectivity index (χ4n) is 1.26. The molecule has 1 N–H and O–H groups in total. The lowest BCUT2D eigenvalue weighted by Gasteiger charge is -2.00. The summed E-state index contributed by atoms with van der Waals surface area (Å²) in [5, 5.41) is 0.535. The number of H-pyrrole nitrogens is 1. The summed E-state index contributed by atoms with van der Waals surface area (Å²) in [6.07, 6.45) is 1.72. The Morgan fingerprint density at radius 1 is 1.33 bits per heavy atom. The van der Waals surface area contributed by atoms with E-state index < -0.39 is 0 Å². The van der Waals surface area contributed by atoms with E-state index in [1.54, 1.807) is 36.5 Å². The van der Waals surface area contributed by atoms with Gasteiger partial charge in [0.1, 0.15) is 0 Å². The summed E-state index contributed by atoms with van der Waals surface area (Å²) in [5.41, 5.74) is 1.14. The lowest BCUT2D eigenvalue weighted by Crippen LogP contribution is -2.01. The molecule has 1 aromatic carbocycles. The van der Waals surface area contributed by atoms with Gasteiger partial charge in [0.05, 0.1) is 10.7 Å². The molecule has 2 rings (SSSR count). The van der Waals surface area contributed by atoms with Crippen molar-refractivity contribution in [2.24, 2.45) is 0 Å². The van der Waals surface area contributed by atoms with Crippen LogP contribution in [0.5, 0.6) is 0 Å². The summed E-state index contributed by atoms with van der Waals surface area (Å²) < 4.78 is 0.784. The predicted molar refractivity (Wildman–Crippen MR) is 63.4 cm³/mol. The molecular weight excluding hydrogens is 277 g/mol. The van der Waals surface area contributed by atoms with Crippen LogP contribution in [-0.2, 0) is 0 Å². The van der Waals surface area contributed by atoms with E-state index in [2.05, 4.69) is 20.9 Å². The number of hydrogen-bond donors (Lipinski definition) is 1. The van der Waals surface area contributed by atoms with Crippen LogP contribution in [0.2, 0.25) is 5.02 Å². The van der Waals surface area contributed by atoms with Crippen LogP contribution in [0.4, 0.5) is 0 Å². The summed E-state index contributed by atoms with van der Waals surface area (Å²) in [5.74, 6) is -0.0607. The first-order valence-electron chi connectivity index (χ1n) is 4.31. The summed E-state index contributed by atoms with van der Waals surface area (Å²) in [7, 11) is 0. The van der Waals surface area contributed by atoms with E-state index >= 15 is 0 Å². The van der Waals surface area contributed by atoms with Crippen molar-refractivity contribution >= 4 is 33.3 Å². The monoisotopic (exact) mass is 283 g/mol. The van der Waals surface area contributed by atoms with Gasteiger partial charge in [-0.1, -0.05) is 11.6 Å². The molecule has 0 aliphatic carbocycles. The standard InChI is InChI=1S/C11H7BrClNO/c12-8-4-3-7(6-9(8)13)11(15)10-2-1-5-14-10/h1-6,14H. The van der Waals surface area contributed by atoms with E-state index in [4.69, 9.17) is 11.6 Å². The number of ketones is 1. The zero-order valence-electron chi connectivity index (χ0n) is 7.63. The van der Waals surface area contributed by atoms with Crippen LogP contribution in [0, 0.1) is 0 Å². The Morgan fingerprint density at radius 3 is 2.73 bits per heavy atom. The summed E-state index contributed by atoms with van der Waals surface area (Å²) in [6, 6.07) is 8.67. The fraction of sp³-hybridized carbons (Fsp3) is 0. The van der Waals surface area contributed by atoms with Gasteiger partial charge in [-0.2, -0.15) is 0 Å². The van der Waals surface area contributed by atoms with Gasteiger partial charge in [0.15, 0.2) is 0 Å². The molecule has 1 heterocycles. The van der Waals surface area contributed by atoms with E-state index in [1.165, 1.54) is 0 Å². The van der Waals surface area contributed by atoms with Gasteiger partial charge in [-0.3, -0.25) is 4.79 Å². The minimum atomic E-state index is -0.0607. The SMILES string of the molecule is O=C(c1ccc(Br)c(Cl)c1)c1ccc[nH]1. The molecule has 1 aromatic heterocycles. The quantitative estimate of drug-likeness (QED) is 0.839. The molecule has 0 aliphatic heterocycles. The van der Waals surface area contributed by atoms with Gasteiger partial charge in [0, 0.05) is 16.2 Å². The summed E-state index contributed by atoms with van der Waals surface area (Å²) in [6.45, 7) is 0. The molecule has 0 fully saturated rings. The largest absolute Gasteiger partial charge is 0.359 e. The lowest BCUT2D eigenvalue weighted by molar-refractivity contribution is 0.103. The first-order chi connectivity index (χ1) is 7.18. The van der Waals surface area contributed by atoms with Gasteiger partial charge in [-0.15, -0.1) is 0 Å². The molecule has 15 heavy (non-hydrogen) atoms. The second-order valence-corrected chi connectivity index (χ2v) is 4.30. The second kappa shape index (κ2) is 4.21. The first-order valence-corrected chi connectivity index (χ1v) is 5.49. The maximum atomic E-state index is 11.9. The van der Waals surface area contributed by atoms with E-state index in [-0.39, 0.29) is 5.78 Å². The molecule has 4 heteroatoms. The van der Waals surface area contributed by atoms with Crippen molar-refractivity contribution in [3.63, 3.8) is 0 Å². The molecular formula is C11H7BrClNO. The van der Waals surface area contributed by atoms with Crippen molar-refractivity contribution in [1.29, 1.82) is 0 Å². The number of carbonyl (C=O) groups is 1. The normalized spacial score (nSPS) is 10.3. The molecule has 0 bridgehead atoms. The van der Waals surface area contributed by atoms with Crippen molar-refractivity contribution < 1.29 is 4.79 Å². The minimum Gasteiger partial charge on any atom is -0.359 e. The van der Waals surface area contributed by atoms with Crippen LogP contribution in [0.3, 0.4) is 0 Å². The lowest BCUT2D eigenvalue weighted by atomic mass is 10.1. The smallest absolute Gasteiger partial charge is 0.209 e. The highest BCUT2D eigenvalue weighted by Gasteiger charge is 2.10. The number of aromatic amines is 1. The third-order valence-corrected chi connectivity index (χ3v) is 3.26. The molecule has 0 radical (unpaired) electrons. The zero-order chi connectivity index (χ0) is 10.8. The first kappa shape index (κ1) is 10.5. The van der Waals surface area contributed by atoms with Crippen molar-refractivity contribution in [2.75, 3.05) is 0 Å². The second-order valence-electron chi connectivity index (χ2n) is 3.04. The van der Waals surface area contributed by atoms with Gasteiger partial charge in [-0.25, -0.2) is 0 Å². The van der Waals surface area contributed by atoms with Gasteiger partial charge < -0.3 is 4.98 Å². The van der Waals surface area contributed by atoms with Gasteiger partial charge in [0.25, 0.3) is 0 Å². The Balaban J connectivity index is 2.39. The molecule has 0 saturated heterocycles. The molecule has 0 aliphatic rings. The molecule has 0 amide bonds. The highest BCUT2D eigenvalue weighted by Crippen LogP contribution is 2.24. The molecule has 0 unspecified atom stereocenters. The summed E-state index contributed by atoms with van der Waals surface area (Å²) >= 11 is 9.19. The van der Waals surface area contributed by atoms with Crippen LogP contribution >= 0.6 is 27.5 Å². The van der Waals surface area contributed by atoms with Crippen molar-refractivity contribution in [1.82, 2.24) is 4.98 Å². The predicted octanol–water partition coefficient (Wildman–Crippen LogP) is 3.66. The number of halogens is 2.